The summed E-state index contributed by atoms with van der Waals surface area (Å²) in [4.78, 5) is 27.2. The zero-order valence-corrected chi connectivity index (χ0v) is 20.1. The molecule has 0 aromatic rings. The minimum atomic E-state index is -0.271. The fourth-order valence-electron chi connectivity index (χ4n) is 2.50. The summed E-state index contributed by atoms with van der Waals surface area (Å²) < 4.78 is 11.0. The van der Waals surface area contributed by atoms with Gasteiger partial charge in [-0.1, -0.05) is 24.8 Å². The van der Waals surface area contributed by atoms with E-state index < -0.39 is 0 Å². The Morgan fingerprint density at radius 3 is 2.12 bits per heavy atom. The van der Waals surface area contributed by atoms with Crippen molar-refractivity contribution in [3.63, 3.8) is 0 Å². The van der Waals surface area contributed by atoms with Gasteiger partial charge in [0.05, 0.1) is 45.3 Å². The number of aliphatic hydroxyl groups excluding tert-OH is 2. The number of carbonyl (C=O) groups excluding carboxylic acids is 2. The summed E-state index contributed by atoms with van der Waals surface area (Å²) in [6.45, 7) is 11.1. The van der Waals surface area contributed by atoms with Crippen LogP contribution >= 0.6 is 0 Å². The topological polar surface area (TPSA) is 124 Å². The number of amides is 2. The van der Waals surface area contributed by atoms with Gasteiger partial charge in [-0.15, -0.1) is 6.58 Å². The summed E-state index contributed by atoms with van der Waals surface area (Å²) >= 11 is 0. The monoisotopic (exact) mass is 478 g/mol. The number of hydrogen-bond donors (Lipinski definition) is 2. The van der Waals surface area contributed by atoms with Crippen molar-refractivity contribution in [3.8, 4) is 0 Å². The second-order valence-corrected chi connectivity index (χ2v) is 6.72. The molecule has 0 saturated heterocycles. The van der Waals surface area contributed by atoms with Crippen LogP contribution in [-0.2, 0) is 19.1 Å². The standard InChI is InChI=1S/C24H38N4O6/c1-4-8-23(31)27(12-16-29)14-18-33-20-21-34-19-15-28(13-17-30)24(32)10-7-9-22(6-3)26-25-11-5-2/h4-7,9-11,29-30H,1,3,8,12-21H2,2H3/b10-7+,11-5+,22-9+,26-25+. The van der Waals surface area contributed by atoms with Gasteiger partial charge in [0, 0.05) is 44.9 Å². The third kappa shape index (κ3) is 15.8. The predicted octanol–water partition coefficient (Wildman–Crippen LogP) is 1.85. The Labute approximate surface area is 202 Å². The number of aliphatic hydroxyl groups is 2. The lowest BCUT2D eigenvalue weighted by molar-refractivity contribution is -0.131. The minimum absolute atomic E-state index is 0.110. The van der Waals surface area contributed by atoms with E-state index in [4.69, 9.17) is 14.6 Å². The lowest BCUT2D eigenvalue weighted by Gasteiger charge is -2.21. The number of azo groups is 1. The van der Waals surface area contributed by atoms with Crippen molar-refractivity contribution >= 4 is 11.8 Å². The van der Waals surface area contributed by atoms with E-state index >= 15 is 0 Å². The van der Waals surface area contributed by atoms with Crippen LogP contribution in [-0.4, -0.2) is 97.6 Å². The fraction of sp³-hybridized carbons (Fsp3) is 0.500. The highest BCUT2D eigenvalue weighted by molar-refractivity contribution is 5.87. The van der Waals surface area contributed by atoms with E-state index in [0.717, 1.165) is 0 Å². The third-order valence-corrected chi connectivity index (χ3v) is 4.21. The Bertz CT molecular complexity index is 718. The van der Waals surface area contributed by atoms with Crippen LogP contribution in [0.5, 0.6) is 0 Å². The van der Waals surface area contributed by atoms with E-state index in [1.54, 1.807) is 18.2 Å². The molecular weight excluding hydrogens is 440 g/mol. The smallest absolute Gasteiger partial charge is 0.246 e. The Morgan fingerprint density at radius 2 is 1.56 bits per heavy atom. The Balaban J connectivity index is 4.32. The number of rotatable bonds is 20. The van der Waals surface area contributed by atoms with Crippen LogP contribution in [0.2, 0.25) is 0 Å². The van der Waals surface area contributed by atoms with Gasteiger partial charge in [0.25, 0.3) is 0 Å². The molecule has 34 heavy (non-hydrogen) atoms. The van der Waals surface area contributed by atoms with Crippen molar-refractivity contribution in [1.82, 2.24) is 9.80 Å². The van der Waals surface area contributed by atoms with Crippen molar-refractivity contribution in [3.05, 3.63) is 61.5 Å². The van der Waals surface area contributed by atoms with Gasteiger partial charge in [0.2, 0.25) is 11.8 Å². The molecule has 0 aliphatic carbocycles. The quantitative estimate of drug-likeness (QED) is 0.0905. The van der Waals surface area contributed by atoms with E-state index in [1.165, 1.54) is 34.2 Å². The first kappa shape index (κ1) is 31.1. The third-order valence-electron chi connectivity index (χ3n) is 4.21. The molecule has 0 fully saturated rings. The van der Waals surface area contributed by atoms with Crippen LogP contribution in [0.4, 0.5) is 0 Å². The lowest BCUT2D eigenvalue weighted by atomic mass is 10.3. The molecule has 10 heteroatoms. The van der Waals surface area contributed by atoms with E-state index in [9.17, 15) is 14.7 Å². The maximum absolute atomic E-state index is 12.4. The van der Waals surface area contributed by atoms with E-state index in [0.29, 0.717) is 38.6 Å². The summed E-state index contributed by atoms with van der Waals surface area (Å²) in [5.41, 5.74) is 0.503. The summed E-state index contributed by atoms with van der Waals surface area (Å²) in [5.74, 6) is -0.382. The highest BCUT2D eigenvalue weighted by Crippen LogP contribution is 2.01. The predicted molar refractivity (Wildman–Crippen MR) is 131 cm³/mol. The van der Waals surface area contributed by atoms with Crippen LogP contribution in [0.15, 0.2) is 71.7 Å². The molecule has 0 aliphatic heterocycles. The minimum Gasteiger partial charge on any atom is -0.395 e. The van der Waals surface area contributed by atoms with E-state index in [1.807, 2.05) is 6.92 Å². The second kappa shape index (κ2) is 21.9. The number of hydrogen-bond acceptors (Lipinski definition) is 8. The first-order valence-electron chi connectivity index (χ1n) is 11.1. The summed E-state index contributed by atoms with van der Waals surface area (Å²) in [6.07, 6.45) is 11.1. The normalized spacial score (nSPS) is 12.0. The van der Waals surface area contributed by atoms with E-state index in [-0.39, 0.29) is 51.1 Å². The van der Waals surface area contributed by atoms with Gasteiger partial charge >= 0.3 is 0 Å². The summed E-state index contributed by atoms with van der Waals surface area (Å²) in [6, 6.07) is 0. The average molecular weight is 479 g/mol. The number of carbonyl (C=O) groups is 2. The molecule has 0 heterocycles. The fourth-order valence-corrected chi connectivity index (χ4v) is 2.50. The molecule has 0 rings (SSSR count). The molecule has 0 bridgehead atoms. The summed E-state index contributed by atoms with van der Waals surface area (Å²) in [5, 5.41) is 26.0. The molecule has 0 unspecified atom stereocenters. The Morgan fingerprint density at radius 1 is 0.941 bits per heavy atom. The molecule has 10 nitrogen and oxygen atoms in total. The SMILES string of the molecule is C=CCC(=O)N(CCO)CCOCCOCCN(CCO)C(=O)/C=C/C=C(C=C)/N=N/C=C/C. The van der Waals surface area contributed by atoms with Gasteiger partial charge in [0.1, 0.15) is 0 Å². The van der Waals surface area contributed by atoms with Crippen LogP contribution in [0.1, 0.15) is 13.3 Å². The van der Waals surface area contributed by atoms with Gasteiger partial charge in [-0.3, -0.25) is 9.59 Å². The molecule has 2 amide bonds. The molecule has 0 atom stereocenters. The molecule has 0 aromatic heterocycles. The first-order chi connectivity index (χ1) is 16.5. The molecule has 0 radical (unpaired) electrons. The van der Waals surface area contributed by atoms with Crippen molar-refractivity contribution in [1.29, 1.82) is 0 Å². The van der Waals surface area contributed by atoms with Crippen LogP contribution in [0.3, 0.4) is 0 Å². The van der Waals surface area contributed by atoms with Crippen molar-refractivity contribution < 1.29 is 29.3 Å². The first-order valence-corrected chi connectivity index (χ1v) is 11.1. The molecule has 0 aliphatic rings. The van der Waals surface area contributed by atoms with Gasteiger partial charge < -0.3 is 29.5 Å². The molecule has 0 spiro atoms. The van der Waals surface area contributed by atoms with Crippen molar-refractivity contribution in [2.24, 2.45) is 10.2 Å². The zero-order chi connectivity index (χ0) is 25.4. The van der Waals surface area contributed by atoms with Crippen molar-refractivity contribution in [2.45, 2.75) is 13.3 Å². The largest absolute Gasteiger partial charge is 0.395 e. The van der Waals surface area contributed by atoms with Crippen LogP contribution in [0.25, 0.3) is 0 Å². The van der Waals surface area contributed by atoms with E-state index in [2.05, 4.69) is 23.4 Å². The average Bonchev–Trinajstić information content (AvgIpc) is 2.83. The molecule has 2 N–H and O–H groups in total. The maximum Gasteiger partial charge on any atom is 0.246 e. The van der Waals surface area contributed by atoms with Crippen molar-refractivity contribution in [2.75, 3.05) is 65.8 Å². The van der Waals surface area contributed by atoms with Gasteiger partial charge in [0.15, 0.2) is 0 Å². The van der Waals surface area contributed by atoms with Crippen LogP contribution in [0, 0.1) is 0 Å². The summed E-state index contributed by atoms with van der Waals surface area (Å²) in [7, 11) is 0. The molecule has 190 valence electrons. The Hall–Kier alpha value is -2.92. The van der Waals surface area contributed by atoms with Crippen LogP contribution < -0.4 is 0 Å². The number of allylic oxidation sites excluding steroid dienone is 4. The second-order valence-electron chi connectivity index (χ2n) is 6.72. The molecule has 0 aromatic carbocycles. The maximum atomic E-state index is 12.4. The Kier molecular flexibility index (Phi) is 20.0. The lowest BCUT2D eigenvalue weighted by Crippen LogP contribution is -2.36. The number of nitrogens with zero attached hydrogens (tertiary/aromatic N) is 4. The molecule has 0 saturated carbocycles. The molecular formula is C24H38N4O6. The van der Waals surface area contributed by atoms with Gasteiger partial charge in [-0.2, -0.15) is 10.2 Å². The zero-order valence-electron chi connectivity index (χ0n) is 20.1. The highest BCUT2D eigenvalue weighted by atomic mass is 16.5. The van der Waals surface area contributed by atoms with Gasteiger partial charge in [-0.25, -0.2) is 0 Å². The number of ether oxygens (including phenoxy) is 2. The van der Waals surface area contributed by atoms with Gasteiger partial charge in [-0.05, 0) is 19.1 Å². The highest BCUT2D eigenvalue weighted by Gasteiger charge is 2.11.